The monoisotopic (exact) mass is 465 g/mol. The Bertz CT molecular complexity index is 1290. The van der Waals surface area contributed by atoms with Crippen LogP contribution in [-0.4, -0.2) is 30.7 Å². The lowest BCUT2D eigenvalue weighted by Gasteiger charge is -2.29. The number of carbonyl (C=O) groups excluding carboxylic acids is 1. The van der Waals surface area contributed by atoms with E-state index in [0.29, 0.717) is 11.4 Å². The van der Waals surface area contributed by atoms with E-state index in [2.05, 4.69) is 10.3 Å². The van der Waals surface area contributed by atoms with Crippen molar-refractivity contribution >= 4 is 44.9 Å². The lowest BCUT2D eigenvalue weighted by Crippen LogP contribution is -2.40. The minimum Gasteiger partial charge on any atom is -0.325 e. The second-order valence-corrected chi connectivity index (χ2v) is 10.1. The number of aliphatic imine (C=N–C) groups is 1. The van der Waals surface area contributed by atoms with Crippen molar-refractivity contribution < 1.29 is 13.2 Å². The molecule has 0 aromatic heterocycles. The van der Waals surface area contributed by atoms with Gasteiger partial charge in [0.15, 0.2) is 0 Å². The molecule has 8 heteroatoms. The number of benzene rings is 3. The van der Waals surface area contributed by atoms with Crippen LogP contribution in [0.4, 0.5) is 11.4 Å². The number of sulfonamides is 1. The van der Waals surface area contributed by atoms with Gasteiger partial charge in [-0.3, -0.25) is 4.79 Å². The molecule has 1 heterocycles. The SMILES string of the molecule is CSc1ccc(C)cc1NC(=O)CC1=Nc2ccccc2S(=O)(=O)N1Cc1ccccc1. The van der Waals surface area contributed by atoms with E-state index in [9.17, 15) is 13.2 Å². The topological polar surface area (TPSA) is 78.8 Å². The molecular formula is C24H23N3O3S2. The molecule has 4 rings (SSSR count). The summed E-state index contributed by atoms with van der Waals surface area (Å²) in [4.78, 5) is 18.6. The lowest BCUT2D eigenvalue weighted by atomic mass is 10.2. The molecule has 6 nitrogen and oxygen atoms in total. The zero-order valence-electron chi connectivity index (χ0n) is 17.8. The first kappa shape index (κ1) is 22.1. The third-order valence-corrected chi connectivity index (χ3v) is 7.70. The molecule has 0 radical (unpaired) electrons. The zero-order valence-corrected chi connectivity index (χ0v) is 19.4. The van der Waals surface area contributed by atoms with Crippen molar-refractivity contribution in [2.24, 2.45) is 4.99 Å². The maximum absolute atomic E-state index is 13.4. The van der Waals surface area contributed by atoms with Crippen LogP contribution in [0.1, 0.15) is 17.5 Å². The molecule has 1 aliphatic rings. The van der Waals surface area contributed by atoms with Gasteiger partial charge in [0.1, 0.15) is 10.7 Å². The highest BCUT2D eigenvalue weighted by atomic mass is 32.2. The predicted octanol–water partition coefficient (Wildman–Crippen LogP) is 4.98. The molecule has 1 aliphatic heterocycles. The van der Waals surface area contributed by atoms with Crippen molar-refractivity contribution in [3.05, 3.63) is 83.9 Å². The van der Waals surface area contributed by atoms with Gasteiger partial charge in [-0.15, -0.1) is 11.8 Å². The number of para-hydroxylation sites is 1. The number of amides is 1. The number of thioether (sulfide) groups is 1. The van der Waals surface area contributed by atoms with Crippen molar-refractivity contribution in [3.8, 4) is 0 Å². The minimum atomic E-state index is -3.85. The van der Waals surface area contributed by atoms with Gasteiger partial charge in [-0.25, -0.2) is 17.7 Å². The standard InChI is InChI=1S/C24H23N3O3S2/c1-17-12-13-21(31-2)20(14-17)26-24(28)15-23-25-19-10-6-7-11-22(19)32(29,30)27(23)16-18-8-4-3-5-9-18/h3-14H,15-16H2,1-2H3,(H,26,28). The molecule has 164 valence electrons. The van der Waals surface area contributed by atoms with Gasteiger partial charge in [0.2, 0.25) is 5.91 Å². The van der Waals surface area contributed by atoms with Gasteiger partial charge in [-0.2, -0.15) is 0 Å². The predicted molar refractivity (Wildman–Crippen MR) is 129 cm³/mol. The van der Waals surface area contributed by atoms with Gasteiger partial charge in [0.25, 0.3) is 10.0 Å². The number of hydrogen-bond acceptors (Lipinski definition) is 5. The molecular weight excluding hydrogens is 442 g/mol. The molecule has 0 saturated carbocycles. The fourth-order valence-corrected chi connectivity index (χ4v) is 5.63. The Morgan fingerprint density at radius 3 is 2.50 bits per heavy atom. The van der Waals surface area contributed by atoms with Crippen molar-refractivity contribution in [2.75, 3.05) is 11.6 Å². The molecule has 32 heavy (non-hydrogen) atoms. The average molecular weight is 466 g/mol. The second kappa shape index (κ2) is 9.18. The zero-order chi connectivity index (χ0) is 22.7. The first-order valence-corrected chi connectivity index (χ1v) is 12.7. The van der Waals surface area contributed by atoms with E-state index in [-0.39, 0.29) is 29.6 Å². The van der Waals surface area contributed by atoms with E-state index < -0.39 is 10.0 Å². The molecule has 3 aromatic rings. The third kappa shape index (κ3) is 4.56. The molecule has 0 aliphatic carbocycles. The van der Waals surface area contributed by atoms with Crippen LogP contribution in [0.2, 0.25) is 0 Å². The van der Waals surface area contributed by atoms with Crippen LogP contribution in [0.15, 0.2) is 87.6 Å². The van der Waals surface area contributed by atoms with Crippen LogP contribution in [0.5, 0.6) is 0 Å². The van der Waals surface area contributed by atoms with Crippen LogP contribution >= 0.6 is 11.8 Å². The summed E-state index contributed by atoms with van der Waals surface area (Å²) in [5.41, 5.74) is 2.89. The van der Waals surface area contributed by atoms with Crippen molar-refractivity contribution in [2.45, 2.75) is 29.7 Å². The summed E-state index contributed by atoms with van der Waals surface area (Å²) in [6.07, 6.45) is 1.78. The lowest BCUT2D eigenvalue weighted by molar-refractivity contribution is -0.115. The van der Waals surface area contributed by atoms with Crippen LogP contribution in [-0.2, 0) is 21.4 Å². The van der Waals surface area contributed by atoms with Gasteiger partial charge < -0.3 is 5.32 Å². The number of hydrogen-bond donors (Lipinski definition) is 1. The summed E-state index contributed by atoms with van der Waals surface area (Å²) < 4.78 is 28.1. The van der Waals surface area contributed by atoms with Gasteiger partial charge in [-0.1, -0.05) is 48.5 Å². The fraction of sp³-hybridized carbons (Fsp3) is 0.167. The van der Waals surface area contributed by atoms with E-state index in [0.717, 1.165) is 16.0 Å². The average Bonchev–Trinajstić information content (AvgIpc) is 2.77. The summed E-state index contributed by atoms with van der Waals surface area (Å²) in [7, 11) is -3.85. The van der Waals surface area contributed by atoms with Gasteiger partial charge in [0, 0.05) is 4.90 Å². The summed E-state index contributed by atoms with van der Waals surface area (Å²) in [6.45, 7) is 2.06. The van der Waals surface area contributed by atoms with Crippen molar-refractivity contribution in [3.63, 3.8) is 0 Å². The third-order valence-electron chi connectivity index (χ3n) is 5.09. The number of rotatable bonds is 6. The minimum absolute atomic E-state index is 0.101. The molecule has 0 atom stereocenters. The maximum Gasteiger partial charge on any atom is 0.267 e. The number of anilines is 1. The highest BCUT2D eigenvalue weighted by Crippen LogP contribution is 2.34. The highest BCUT2D eigenvalue weighted by Gasteiger charge is 2.34. The molecule has 1 N–H and O–H groups in total. The second-order valence-electron chi connectivity index (χ2n) is 7.42. The summed E-state index contributed by atoms with van der Waals surface area (Å²) in [5.74, 6) is -0.124. The normalized spacial score (nSPS) is 14.4. The number of carbonyl (C=O) groups is 1. The Morgan fingerprint density at radius 2 is 1.75 bits per heavy atom. The van der Waals surface area contributed by atoms with E-state index in [1.165, 1.54) is 16.1 Å². The molecule has 0 bridgehead atoms. The van der Waals surface area contributed by atoms with Crippen LogP contribution < -0.4 is 5.32 Å². The smallest absolute Gasteiger partial charge is 0.267 e. The van der Waals surface area contributed by atoms with Crippen LogP contribution in [0.25, 0.3) is 0 Å². The van der Waals surface area contributed by atoms with Gasteiger partial charge >= 0.3 is 0 Å². The molecule has 0 unspecified atom stereocenters. The van der Waals surface area contributed by atoms with E-state index in [4.69, 9.17) is 0 Å². The Labute approximate surface area is 192 Å². The molecule has 1 amide bonds. The highest BCUT2D eigenvalue weighted by molar-refractivity contribution is 7.98. The van der Waals surface area contributed by atoms with E-state index >= 15 is 0 Å². The summed E-state index contributed by atoms with van der Waals surface area (Å²) in [5, 5.41) is 2.92. The van der Waals surface area contributed by atoms with Gasteiger partial charge in [-0.05, 0) is 48.6 Å². The largest absolute Gasteiger partial charge is 0.325 e. The fourth-order valence-electron chi connectivity index (χ4n) is 3.53. The first-order valence-electron chi connectivity index (χ1n) is 10.1. The summed E-state index contributed by atoms with van der Waals surface area (Å²) >= 11 is 1.53. The van der Waals surface area contributed by atoms with Crippen LogP contribution in [0, 0.1) is 6.92 Å². The van der Waals surface area contributed by atoms with E-state index in [1.807, 2.05) is 61.7 Å². The summed E-state index contributed by atoms with van der Waals surface area (Å²) in [6, 6.07) is 21.7. The number of amidine groups is 1. The first-order chi connectivity index (χ1) is 15.4. The maximum atomic E-state index is 13.4. The number of nitrogens with one attached hydrogen (secondary N) is 1. The number of fused-ring (bicyclic) bond motifs is 1. The Hall–Kier alpha value is -3.10. The van der Waals surface area contributed by atoms with E-state index in [1.54, 1.807) is 24.3 Å². The molecule has 0 fully saturated rings. The molecule has 0 spiro atoms. The van der Waals surface area contributed by atoms with Crippen molar-refractivity contribution in [1.29, 1.82) is 0 Å². The number of aryl methyl sites for hydroxylation is 1. The Balaban J connectivity index is 1.67. The van der Waals surface area contributed by atoms with Crippen molar-refractivity contribution in [1.82, 2.24) is 4.31 Å². The Morgan fingerprint density at radius 1 is 1.03 bits per heavy atom. The molecule has 0 saturated heterocycles. The van der Waals surface area contributed by atoms with Gasteiger partial charge in [0.05, 0.1) is 24.3 Å². The quantitative estimate of drug-likeness (QED) is 0.521. The van der Waals surface area contributed by atoms with Crippen LogP contribution in [0.3, 0.4) is 0 Å². The Kier molecular flexibility index (Phi) is 6.34. The molecule has 3 aromatic carbocycles. The number of nitrogens with zero attached hydrogens (tertiary/aromatic N) is 2.